The molecule has 35 heavy (non-hydrogen) atoms. The van der Waals surface area contributed by atoms with E-state index in [0.29, 0.717) is 22.9 Å². The number of nitrogens with zero attached hydrogens (tertiary/aromatic N) is 4. The van der Waals surface area contributed by atoms with Gasteiger partial charge < -0.3 is 10.6 Å². The van der Waals surface area contributed by atoms with Crippen LogP contribution in [0.3, 0.4) is 0 Å². The van der Waals surface area contributed by atoms with Crippen molar-refractivity contribution in [2.24, 2.45) is 5.92 Å². The van der Waals surface area contributed by atoms with Gasteiger partial charge in [0.2, 0.25) is 5.91 Å². The maximum atomic E-state index is 13.5. The number of thiophene rings is 1. The average molecular weight is 530 g/mol. The first-order chi connectivity index (χ1) is 16.6. The van der Waals surface area contributed by atoms with Crippen LogP contribution in [0, 0.1) is 5.92 Å². The second-order valence-electron chi connectivity index (χ2n) is 8.99. The number of amides is 1. The highest BCUT2D eigenvalue weighted by atomic mass is 35.5. The number of hydrogen-bond donors (Lipinski definition) is 1. The van der Waals surface area contributed by atoms with Crippen LogP contribution in [0.1, 0.15) is 19.4 Å². The molecule has 0 aliphatic carbocycles. The summed E-state index contributed by atoms with van der Waals surface area (Å²) in [6.07, 6.45) is 1.41. The Morgan fingerprint density at radius 1 is 1.17 bits per heavy atom. The highest BCUT2D eigenvalue weighted by Crippen LogP contribution is 2.34. The van der Waals surface area contributed by atoms with Gasteiger partial charge in [0, 0.05) is 34.2 Å². The largest absolute Gasteiger partial charge is 0.383 e. The zero-order chi connectivity index (χ0) is 24.9. The lowest BCUT2D eigenvalue weighted by molar-refractivity contribution is -0.139. The van der Waals surface area contributed by atoms with Gasteiger partial charge in [0.15, 0.2) is 0 Å². The van der Waals surface area contributed by atoms with Gasteiger partial charge in [0.1, 0.15) is 16.4 Å². The van der Waals surface area contributed by atoms with E-state index in [4.69, 9.17) is 17.3 Å². The molecule has 3 heterocycles. The Kier molecular flexibility index (Phi) is 6.16. The summed E-state index contributed by atoms with van der Waals surface area (Å²) in [7, 11) is -3.84. The van der Waals surface area contributed by atoms with Gasteiger partial charge in [-0.25, -0.2) is 18.4 Å². The van der Waals surface area contributed by atoms with Gasteiger partial charge in [0.05, 0.1) is 12.1 Å². The number of aromatic nitrogens is 2. The molecular formula is C24H24ClN5O3S2. The molecular weight excluding hydrogens is 506 g/mol. The van der Waals surface area contributed by atoms with E-state index in [1.54, 1.807) is 29.2 Å². The number of carbonyl (C=O) groups is 1. The molecule has 2 aromatic carbocycles. The molecule has 0 bridgehead atoms. The fourth-order valence-corrected chi connectivity index (χ4v) is 7.65. The monoisotopic (exact) mass is 529 g/mol. The topological polar surface area (TPSA) is 109 Å². The first-order valence-electron chi connectivity index (χ1n) is 11.1. The van der Waals surface area contributed by atoms with E-state index in [0.717, 1.165) is 21.0 Å². The highest BCUT2D eigenvalue weighted by Gasteiger charge is 2.40. The Morgan fingerprint density at radius 3 is 2.74 bits per heavy atom. The molecule has 182 valence electrons. The van der Waals surface area contributed by atoms with Gasteiger partial charge in [0.25, 0.3) is 10.0 Å². The van der Waals surface area contributed by atoms with Gasteiger partial charge >= 0.3 is 0 Å². The molecule has 1 aliphatic heterocycles. The summed E-state index contributed by atoms with van der Waals surface area (Å²) in [5, 5.41) is 2.11. The van der Waals surface area contributed by atoms with E-state index in [-0.39, 0.29) is 35.2 Å². The number of benzene rings is 2. The molecule has 2 aromatic heterocycles. The molecule has 8 nitrogen and oxygen atoms in total. The lowest BCUT2D eigenvalue weighted by atomic mass is 9.99. The predicted molar refractivity (Wildman–Crippen MR) is 139 cm³/mol. The summed E-state index contributed by atoms with van der Waals surface area (Å²) < 4.78 is 29.3. The lowest BCUT2D eigenvalue weighted by Gasteiger charge is -2.42. The van der Waals surface area contributed by atoms with Gasteiger partial charge in [-0.15, -0.1) is 11.3 Å². The van der Waals surface area contributed by atoms with Gasteiger partial charge in [-0.2, -0.15) is 4.31 Å². The van der Waals surface area contributed by atoms with Crippen LogP contribution in [0.4, 0.5) is 5.82 Å². The molecule has 0 radical (unpaired) electrons. The number of anilines is 1. The van der Waals surface area contributed by atoms with Crippen molar-refractivity contribution in [1.82, 2.24) is 19.2 Å². The van der Waals surface area contributed by atoms with E-state index in [1.165, 1.54) is 22.0 Å². The van der Waals surface area contributed by atoms with E-state index in [2.05, 4.69) is 9.97 Å². The first-order valence-corrected chi connectivity index (χ1v) is 13.7. The lowest BCUT2D eigenvalue weighted by Crippen LogP contribution is -2.58. The Morgan fingerprint density at radius 2 is 1.97 bits per heavy atom. The Hall–Kier alpha value is -2.79. The van der Waals surface area contributed by atoms with Crippen molar-refractivity contribution < 1.29 is 13.2 Å². The number of fused-ring (bicyclic) bond motifs is 2. The predicted octanol–water partition coefficient (Wildman–Crippen LogP) is 4.14. The fourth-order valence-electron chi connectivity index (χ4n) is 4.41. The van der Waals surface area contributed by atoms with Crippen LogP contribution in [0.25, 0.3) is 21.0 Å². The highest BCUT2D eigenvalue weighted by molar-refractivity contribution is 7.91. The van der Waals surface area contributed by atoms with Crippen LogP contribution in [0.2, 0.25) is 5.02 Å². The molecule has 1 aliphatic rings. The van der Waals surface area contributed by atoms with Crippen molar-refractivity contribution in [3.05, 3.63) is 59.4 Å². The van der Waals surface area contributed by atoms with Crippen LogP contribution in [-0.4, -0.2) is 52.6 Å². The number of hydrogen-bond acceptors (Lipinski definition) is 7. The summed E-state index contributed by atoms with van der Waals surface area (Å²) in [6, 6.07) is 12.3. The summed E-state index contributed by atoms with van der Waals surface area (Å²) in [4.78, 5) is 23.4. The molecule has 0 spiro atoms. The van der Waals surface area contributed by atoms with Crippen LogP contribution in [0.15, 0.2) is 53.0 Å². The maximum Gasteiger partial charge on any atom is 0.253 e. The zero-order valence-electron chi connectivity index (χ0n) is 19.2. The summed E-state index contributed by atoms with van der Waals surface area (Å²) in [5.74, 6) is 0.224. The summed E-state index contributed by atoms with van der Waals surface area (Å²) in [5.41, 5.74) is 7.53. The molecule has 4 aromatic rings. The third-order valence-corrected chi connectivity index (χ3v) is 9.92. The fraction of sp³-hybridized carbons (Fsp3) is 0.292. The van der Waals surface area contributed by atoms with Crippen LogP contribution in [0.5, 0.6) is 0 Å². The van der Waals surface area contributed by atoms with Gasteiger partial charge in [-0.3, -0.25) is 4.79 Å². The third-order valence-electron chi connectivity index (χ3n) is 6.33. The number of halogens is 1. The van der Waals surface area contributed by atoms with Gasteiger partial charge in [-0.1, -0.05) is 37.6 Å². The maximum absolute atomic E-state index is 13.5. The van der Waals surface area contributed by atoms with Crippen LogP contribution in [-0.2, 0) is 21.4 Å². The second kappa shape index (κ2) is 9.02. The standard InChI is InChI=1S/C24H24ClN5O3S2/c1-14(2)20-11-29(35(32,33)23-8-16-4-5-17(25)9-21(16)34-23)12-22(31)30(20)10-15-3-6-18-19(7-15)27-13-28-24(18)26/h3-9,13-14,20H,10-12H2,1-2H3,(H2,26,27,28)/t20-/m0/s1. The van der Waals surface area contributed by atoms with Gasteiger partial charge in [-0.05, 0) is 47.2 Å². The number of piperazine rings is 1. The molecule has 1 saturated heterocycles. The number of nitrogen functional groups attached to an aromatic ring is 1. The van der Waals surface area contributed by atoms with Crippen LogP contribution < -0.4 is 5.73 Å². The molecule has 11 heteroatoms. The Balaban J connectivity index is 1.42. The van der Waals surface area contributed by atoms with E-state index in [1.807, 2.05) is 32.0 Å². The third kappa shape index (κ3) is 4.47. The van der Waals surface area contributed by atoms with E-state index < -0.39 is 10.0 Å². The summed E-state index contributed by atoms with van der Waals surface area (Å²) in [6.45, 7) is 4.37. The molecule has 5 rings (SSSR count). The first kappa shape index (κ1) is 23.9. The van der Waals surface area contributed by atoms with Crippen molar-refractivity contribution in [3.8, 4) is 0 Å². The molecule has 0 saturated carbocycles. The molecule has 1 fully saturated rings. The number of rotatable bonds is 5. The van der Waals surface area contributed by atoms with Crippen LogP contribution >= 0.6 is 22.9 Å². The SMILES string of the molecule is CC(C)[C@@H]1CN(S(=O)(=O)c2cc3ccc(Cl)cc3s2)CC(=O)N1Cc1ccc2c(N)ncnc2c1. The molecule has 2 N–H and O–H groups in total. The van der Waals surface area contributed by atoms with E-state index >= 15 is 0 Å². The molecule has 1 amide bonds. The summed E-state index contributed by atoms with van der Waals surface area (Å²) >= 11 is 7.24. The van der Waals surface area contributed by atoms with Crippen molar-refractivity contribution >= 4 is 65.7 Å². The normalized spacial score (nSPS) is 17.7. The zero-order valence-corrected chi connectivity index (χ0v) is 21.6. The number of sulfonamides is 1. The molecule has 0 unspecified atom stereocenters. The molecule has 1 atom stereocenters. The second-order valence-corrected chi connectivity index (χ2v) is 12.7. The average Bonchev–Trinajstić information content (AvgIpc) is 3.24. The minimum atomic E-state index is -3.84. The van der Waals surface area contributed by atoms with Crippen molar-refractivity contribution in [3.63, 3.8) is 0 Å². The minimum Gasteiger partial charge on any atom is -0.383 e. The number of carbonyl (C=O) groups excluding carboxylic acids is 1. The van der Waals surface area contributed by atoms with Crippen molar-refractivity contribution in [1.29, 1.82) is 0 Å². The Labute approximate surface area is 212 Å². The van der Waals surface area contributed by atoms with E-state index in [9.17, 15) is 13.2 Å². The Bertz CT molecular complexity index is 1550. The number of nitrogens with two attached hydrogens (primary N) is 1. The smallest absolute Gasteiger partial charge is 0.253 e. The van der Waals surface area contributed by atoms with Crippen molar-refractivity contribution in [2.45, 2.75) is 30.6 Å². The minimum absolute atomic E-state index is 0.0524. The quantitative estimate of drug-likeness (QED) is 0.416. The van der Waals surface area contributed by atoms with Crippen molar-refractivity contribution in [2.75, 3.05) is 18.8 Å².